The number of hydrogen-bond donors (Lipinski definition) is 0. The molecule has 2 rings (SSSR count). The molecule has 1 fully saturated rings. The molecule has 0 unspecified atom stereocenters. The normalized spacial score (nSPS) is 19.3. The quantitative estimate of drug-likeness (QED) is 0.585. The van der Waals surface area contributed by atoms with E-state index in [1.54, 1.807) is 38.1 Å². The number of carbonyl (C=O) groups excluding carboxylic acids is 3. The summed E-state index contributed by atoms with van der Waals surface area (Å²) in [6.45, 7) is 6.39. The minimum Gasteiger partial charge on any atom is -0.497 e. The third kappa shape index (κ3) is 3.13. The Morgan fingerprint density at radius 2 is 1.58 bits per heavy atom. The predicted octanol–water partition coefficient (Wildman–Crippen LogP) is 2.21. The average molecular weight is 364 g/mol. The molecule has 1 aromatic rings. The first-order chi connectivity index (χ1) is 12.1. The average Bonchev–Trinajstić information content (AvgIpc) is 2.56. The third-order valence-corrected chi connectivity index (χ3v) is 4.62. The van der Waals surface area contributed by atoms with Gasteiger partial charge in [0, 0.05) is 13.8 Å². The molecule has 26 heavy (non-hydrogen) atoms. The first-order valence-electron chi connectivity index (χ1n) is 8.28. The van der Waals surface area contributed by atoms with Crippen molar-refractivity contribution in [2.75, 3.05) is 14.2 Å². The fraction of sp³-hybridized carbons (Fsp3) is 0.526. The van der Waals surface area contributed by atoms with Gasteiger partial charge in [-0.3, -0.25) is 14.4 Å². The van der Waals surface area contributed by atoms with E-state index in [9.17, 15) is 14.4 Å². The van der Waals surface area contributed by atoms with Gasteiger partial charge in [-0.1, -0.05) is 26.0 Å². The molecule has 0 N–H and O–H groups in total. The van der Waals surface area contributed by atoms with E-state index in [-0.39, 0.29) is 0 Å². The van der Waals surface area contributed by atoms with Gasteiger partial charge >= 0.3 is 17.9 Å². The Bertz CT molecular complexity index is 685. The van der Waals surface area contributed by atoms with Gasteiger partial charge in [-0.15, -0.1) is 0 Å². The maximum absolute atomic E-state index is 12.9. The highest BCUT2D eigenvalue weighted by Crippen LogP contribution is 2.45. The minimum absolute atomic E-state index is 0.443. The second kappa shape index (κ2) is 6.97. The van der Waals surface area contributed by atoms with Crippen LogP contribution in [0.2, 0.25) is 0 Å². The van der Waals surface area contributed by atoms with Crippen molar-refractivity contribution in [3.63, 3.8) is 0 Å². The van der Waals surface area contributed by atoms with E-state index >= 15 is 0 Å². The van der Waals surface area contributed by atoms with Crippen LogP contribution >= 0.6 is 0 Å². The van der Waals surface area contributed by atoms with Crippen LogP contribution in [0.5, 0.6) is 5.75 Å². The Balaban J connectivity index is 2.69. The monoisotopic (exact) mass is 364 g/mol. The predicted molar refractivity (Wildman–Crippen MR) is 91.3 cm³/mol. The number of benzene rings is 1. The molecule has 0 amide bonds. The molecule has 1 aliphatic rings. The lowest BCUT2D eigenvalue weighted by Crippen LogP contribution is -2.59. The zero-order valence-corrected chi connectivity index (χ0v) is 15.8. The molecule has 0 radical (unpaired) electrons. The van der Waals surface area contributed by atoms with Gasteiger partial charge in [0.05, 0.1) is 14.2 Å². The summed E-state index contributed by atoms with van der Waals surface area (Å²) in [6, 6.07) is 6.57. The molecule has 0 aliphatic carbocycles. The topological polar surface area (TPSA) is 88.1 Å². The van der Waals surface area contributed by atoms with Crippen molar-refractivity contribution < 1.29 is 33.3 Å². The van der Waals surface area contributed by atoms with Crippen molar-refractivity contribution in [2.24, 2.45) is 11.8 Å². The molecule has 1 saturated heterocycles. The molecule has 0 saturated carbocycles. The van der Waals surface area contributed by atoms with Gasteiger partial charge in [-0.05, 0) is 23.6 Å². The lowest BCUT2D eigenvalue weighted by molar-refractivity contribution is -0.245. The lowest BCUT2D eigenvalue weighted by Gasteiger charge is -2.43. The highest BCUT2D eigenvalue weighted by Gasteiger charge is 2.61. The fourth-order valence-electron chi connectivity index (χ4n) is 3.43. The Morgan fingerprint density at radius 1 is 1.08 bits per heavy atom. The number of cyclic esters (lactones) is 2. The van der Waals surface area contributed by atoms with Gasteiger partial charge in [-0.2, -0.15) is 0 Å². The summed E-state index contributed by atoms with van der Waals surface area (Å²) in [4.78, 5) is 38.4. The number of esters is 3. The number of carbonyl (C=O) groups is 3. The Morgan fingerprint density at radius 3 is 1.96 bits per heavy atom. The summed E-state index contributed by atoms with van der Waals surface area (Å²) in [7, 11) is 2.73. The molecule has 1 atom stereocenters. The van der Waals surface area contributed by atoms with Crippen molar-refractivity contribution in [3.05, 3.63) is 29.8 Å². The maximum Gasteiger partial charge on any atom is 0.325 e. The van der Waals surface area contributed by atoms with Crippen LogP contribution in [0.1, 0.15) is 33.3 Å². The highest BCUT2D eigenvalue weighted by molar-refractivity contribution is 6.05. The van der Waals surface area contributed by atoms with Crippen LogP contribution in [0, 0.1) is 11.8 Å². The standard InChI is InChI=1S/C19H24O7/c1-11(2)19(17(22)24-6,12-7-9-13(23-5)10-8-12)14-15(20)25-18(3,4)26-16(14)21/h7-11,14H,1-6H3/t19-/m1/s1. The van der Waals surface area contributed by atoms with Crippen LogP contribution in [0.4, 0.5) is 0 Å². The van der Waals surface area contributed by atoms with Crippen LogP contribution in [-0.4, -0.2) is 37.9 Å². The summed E-state index contributed by atoms with van der Waals surface area (Å²) in [5, 5.41) is 0. The molecule has 7 nitrogen and oxygen atoms in total. The first-order valence-corrected chi connectivity index (χ1v) is 8.28. The van der Waals surface area contributed by atoms with Crippen molar-refractivity contribution in [2.45, 2.75) is 38.9 Å². The SMILES string of the molecule is COC(=O)[C@@](c1ccc(OC)cc1)(C(C)C)C1C(=O)OC(C)(C)OC1=O. The molecule has 1 aliphatic heterocycles. The summed E-state index contributed by atoms with van der Waals surface area (Å²) < 4.78 is 20.7. The lowest BCUT2D eigenvalue weighted by atomic mass is 9.63. The Labute approximate surface area is 152 Å². The largest absolute Gasteiger partial charge is 0.497 e. The molecule has 7 heteroatoms. The number of hydrogen-bond acceptors (Lipinski definition) is 7. The smallest absolute Gasteiger partial charge is 0.325 e. The summed E-state index contributed by atoms with van der Waals surface area (Å²) in [5.41, 5.74) is -1.15. The second-order valence-corrected chi connectivity index (χ2v) is 6.92. The van der Waals surface area contributed by atoms with E-state index in [1.807, 2.05) is 0 Å². The zero-order valence-electron chi connectivity index (χ0n) is 15.8. The number of rotatable bonds is 5. The molecule has 142 valence electrons. The van der Waals surface area contributed by atoms with Crippen molar-refractivity contribution in [1.82, 2.24) is 0 Å². The second-order valence-electron chi connectivity index (χ2n) is 6.92. The number of methoxy groups -OCH3 is 2. The van der Waals surface area contributed by atoms with Gasteiger partial charge < -0.3 is 18.9 Å². The summed E-state index contributed by atoms with van der Waals surface area (Å²) >= 11 is 0. The van der Waals surface area contributed by atoms with Crippen LogP contribution in [0.3, 0.4) is 0 Å². The van der Waals surface area contributed by atoms with Crippen molar-refractivity contribution >= 4 is 17.9 Å². The van der Waals surface area contributed by atoms with Gasteiger partial charge in [0.15, 0.2) is 5.92 Å². The van der Waals surface area contributed by atoms with Gasteiger partial charge in [-0.25, -0.2) is 0 Å². The maximum atomic E-state index is 12.9. The zero-order chi connectivity index (χ0) is 19.7. The van der Waals surface area contributed by atoms with E-state index < -0.39 is 40.9 Å². The first kappa shape index (κ1) is 19.8. The molecule has 0 aromatic heterocycles. The molecular formula is C19H24O7. The number of ether oxygens (including phenoxy) is 4. The van der Waals surface area contributed by atoms with Gasteiger partial charge in [0.2, 0.25) is 0 Å². The molecule has 0 spiro atoms. The third-order valence-electron chi connectivity index (χ3n) is 4.62. The van der Waals surface area contributed by atoms with E-state index in [4.69, 9.17) is 18.9 Å². The van der Waals surface area contributed by atoms with Crippen LogP contribution < -0.4 is 4.74 Å². The van der Waals surface area contributed by atoms with E-state index in [2.05, 4.69) is 0 Å². The summed E-state index contributed by atoms with van der Waals surface area (Å²) in [5.74, 6) is -5.10. The molecular weight excluding hydrogens is 340 g/mol. The Kier molecular flexibility index (Phi) is 5.30. The van der Waals surface area contributed by atoms with E-state index in [0.717, 1.165) is 0 Å². The molecule has 1 aromatic carbocycles. The molecule has 0 bridgehead atoms. The fourth-order valence-corrected chi connectivity index (χ4v) is 3.43. The van der Waals surface area contributed by atoms with Gasteiger partial charge in [0.25, 0.3) is 5.79 Å². The van der Waals surface area contributed by atoms with E-state index in [1.165, 1.54) is 28.1 Å². The van der Waals surface area contributed by atoms with Crippen LogP contribution in [-0.2, 0) is 34.0 Å². The molecule has 1 heterocycles. The Hall–Kier alpha value is -2.57. The van der Waals surface area contributed by atoms with Crippen LogP contribution in [0.25, 0.3) is 0 Å². The van der Waals surface area contributed by atoms with Crippen molar-refractivity contribution in [3.8, 4) is 5.75 Å². The minimum atomic E-state index is -1.59. The van der Waals surface area contributed by atoms with E-state index in [0.29, 0.717) is 11.3 Å². The summed E-state index contributed by atoms with van der Waals surface area (Å²) in [6.07, 6.45) is 0. The van der Waals surface area contributed by atoms with Crippen LogP contribution in [0.15, 0.2) is 24.3 Å². The highest BCUT2D eigenvalue weighted by atomic mass is 16.7. The van der Waals surface area contributed by atoms with Gasteiger partial charge in [0.1, 0.15) is 11.2 Å². The van der Waals surface area contributed by atoms with Crippen molar-refractivity contribution in [1.29, 1.82) is 0 Å².